The van der Waals surface area contributed by atoms with E-state index in [1.54, 1.807) is 12.4 Å². The number of aromatic nitrogens is 2. The van der Waals surface area contributed by atoms with Crippen LogP contribution in [0, 0.1) is 13.8 Å². The Hall–Kier alpha value is -3.19. The van der Waals surface area contributed by atoms with Crippen LogP contribution in [0.3, 0.4) is 0 Å². The first-order valence-corrected chi connectivity index (χ1v) is 10.6. The second-order valence-electron chi connectivity index (χ2n) is 7.53. The van der Waals surface area contributed by atoms with Crippen LogP contribution >= 0.6 is 0 Å². The average Bonchev–Trinajstić information content (AvgIpc) is 3.12. The quantitative estimate of drug-likeness (QED) is 0.517. The molecule has 1 fully saturated rings. The maximum atomic E-state index is 5.98. The number of aliphatic imine (C=N–C) groups is 1. The van der Waals surface area contributed by atoms with Crippen LogP contribution in [0.4, 0.5) is 5.69 Å². The van der Waals surface area contributed by atoms with Crippen molar-refractivity contribution in [2.45, 2.75) is 26.8 Å². The average molecular weight is 421 g/mol. The Morgan fingerprint density at radius 3 is 2.77 bits per heavy atom. The molecule has 0 N–H and O–H groups in total. The summed E-state index contributed by atoms with van der Waals surface area (Å²) in [6, 6.07) is 11.9. The molecule has 0 bridgehead atoms. The number of furan rings is 1. The Bertz CT molecular complexity index is 991. The summed E-state index contributed by atoms with van der Waals surface area (Å²) < 4.78 is 17.2. The fraction of sp³-hybridized carbons (Fsp3) is 0.375. The molecule has 7 heteroatoms. The predicted octanol–water partition coefficient (Wildman–Crippen LogP) is 3.76. The third-order valence-corrected chi connectivity index (χ3v) is 5.20. The summed E-state index contributed by atoms with van der Waals surface area (Å²) in [5.41, 5.74) is 3.97. The number of hydrogen-bond acceptors (Lipinski definition) is 7. The van der Waals surface area contributed by atoms with Gasteiger partial charge in [0.25, 0.3) is 0 Å². The lowest BCUT2D eigenvalue weighted by atomic mass is 10.2. The predicted molar refractivity (Wildman–Crippen MR) is 120 cm³/mol. The summed E-state index contributed by atoms with van der Waals surface area (Å²) in [5, 5.41) is 0. The van der Waals surface area contributed by atoms with Gasteiger partial charge in [0.15, 0.2) is 0 Å². The van der Waals surface area contributed by atoms with Gasteiger partial charge in [-0.05, 0) is 43.7 Å². The number of hydrogen-bond donors (Lipinski definition) is 0. The second kappa shape index (κ2) is 10.2. The molecule has 0 radical (unpaired) electrons. The van der Waals surface area contributed by atoms with Crippen molar-refractivity contribution in [2.75, 3.05) is 37.8 Å². The summed E-state index contributed by atoms with van der Waals surface area (Å²) in [6.07, 6.45) is 4.30. The van der Waals surface area contributed by atoms with E-state index in [2.05, 4.69) is 19.9 Å². The summed E-state index contributed by atoms with van der Waals surface area (Å²) in [7, 11) is 0. The van der Waals surface area contributed by atoms with Crippen molar-refractivity contribution >= 4 is 11.9 Å². The standard InChI is InChI=1S/C24H28N4O3/c1-18-13-23(31-19(18)2)17-25-16-21-14-22(28-8-11-29-12-9-28)15-24(27-21)30-10-6-20-5-3-4-7-26-20/h3-5,7,13-16H,6,8-12,17H2,1-2H3. The molecule has 0 aliphatic carbocycles. The minimum Gasteiger partial charge on any atom is -0.477 e. The number of aryl methyl sites for hydroxylation is 2. The highest BCUT2D eigenvalue weighted by Gasteiger charge is 2.14. The summed E-state index contributed by atoms with van der Waals surface area (Å²) in [4.78, 5) is 15.8. The van der Waals surface area contributed by atoms with Crippen molar-refractivity contribution in [3.05, 3.63) is 71.1 Å². The van der Waals surface area contributed by atoms with Crippen molar-refractivity contribution < 1.29 is 13.9 Å². The molecule has 162 valence electrons. The lowest BCUT2D eigenvalue weighted by Crippen LogP contribution is -2.36. The number of pyridine rings is 2. The Morgan fingerprint density at radius 1 is 1.16 bits per heavy atom. The Labute approximate surface area is 182 Å². The Balaban J connectivity index is 1.47. The molecule has 0 saturated carbocycles. The normalized spacial score (nSPS) is 14.3. The highest BCUT2D eigenvalue weighted by Crippen LogP contribution is 2.22. The van der Waals surface area contributed by atoms with Crippen molar-refractivity contribution in [1.29, 1.82) is 0 Å². The van der Waals surface area contributed by atoms with E-state index in [4.69, 9.17) is 13.9 Å². The number of rotatable bonds is 8. The molecule has 4 heterocycles. The number of anilines is 1. The van der Waals surface area contributed by atoms with Crippen molar-refractivity contribution in [3.8, 4) is 5.88 Å². The van der Waals surface area contributed by atoms with E-state index in [1.165, 1.54) is 0 Å². The van der Waals surface area contributed by atoms with Crippen molar-refractivity contribution in [2.24, 2.45) is 4.99 Å². The smallest absolute Gasteiger partial charge is 0.215 e. The third-order valence-electron chi connectivity index (χ3n) is 5.20. The van der Waals surface area contributed by atoms with Crippen LogP contribution in [0.2, 0.25) is 0 Å². The molecular formula is C24H28N4O3. The molecular weight excluding hydrogens is 392 g/mol. The van der Waals surface area contributed by atoms with Gasteiger partial charge in [-0.1, -0.05) is 6.07 Å². The highest BCUT2D eigenvalue weighted by atomic mass is 16.5. The van der Waals surface area contributed by atoms with E-state index in [-0.39, 0.29) is 0 Å². The first-order valence-electron chi connectivity index (χ1n) is 10.6. The van der Waals surface area contributed by atoms with E-state index in [0.717, 1.165) is 66.9 Å². The molecule has 0 amide bonds. The number of morpholine rings is 1. The lowest BCUT2D eigenvalue weighted by Gasteiger charge is -2.29. The van der Waals surface area contributed by atoms with E-state index in [0.29, 0.717) is 19.0 Å². The topological polar surface area (TPSA) is 73.0 Å². The van der Waals surface area contributed by atoms with Crippen LogP contribution in [0.1, 0.15) is 28.5 Å². The molecule has 0 spiro atoms. The Morgan fingerprint density at radius 2 is 2.03 bits per heavy atom. The van der Waals surface area contributed by atoms with Crippen molar-refractivity contribution in [3.63, 3.8) is 0 Å². The fourth-order valence-electron chi connectivity index (χ4n) is 3.42. The molecule has 31 heavy (non-hydrogen) atoms. The van der Waals surface area contributed by atoms with Gasteiger partial charge in [0.1, 0.15) is 11.5 Å². The van der Waals surface area contributed by atoms with E-state index in [1.807, 2.05) is 50.2 Å². The zero-order valence-electron chi connectivity index (χ0n) is 18.1. The molecule has 0 aromatic carbocycles. The van der Waals surface area contributed by atoms with Gasteiger partial charge in [0.05, 0.1) is 32.1 Å². The SMILES string of the molecule is Cc1cc(CN=Cc2cc(N3CCOCC3)cc(OCCc3ccccn3)n2)oc1C. The van der Waals surface area contributed by atoms with Gasteiger partial charge in [0.2, 0.25) is 5.88 Å². The lowest BCUT2D eigenvalue weighted by molar-refractivity contribution is 0.122. The van der Waals surface area contributed by atoms with Gasteiger partial charge in [-0.3, -0.25) is 9.98 Å². The van der Waals surface area contributed by atoms with Crippen LogP contribution in [0.25, 0.3) is 0 Å². The van der Waals surface area contributed by atoms with Crippen LogP contribution in [-0.2, 0) is 17.7 Å². The van der Waals surface area contributed by atoms with Gasteiger partial charge in [0, 0.05) is 49.4 Å². The summed E-state index contributed by atoms with van der Waals surface area (Å²) in [6.45, 7) is 8.13. The maximum Gasteiger partial charge on any atom is 0.215 e. The van der Waals surface area contributed by atoms with Gasteiger partial charge in [-0.15, -0.1) is 0 Å². The third kappa shape index (κ3) is 5.92. The largest absolute Gasteiger partial charge is 0.477 e. The molecule has 3 aromatic rings. The first-order chi connectivity index (χ1) is 15.2. The van der Waals surface area contributed by atoms with Gasteiger partial charge in [-0.2, -0.15) is 0 Å². The van der Waals surface area contributed by atoms with Crippen LogP contribution in [-0.4, -0.2) is 49.1 Å². The van der Waals surface area contributed by atoms with E-state index in [9.17, 15) is 0 Å². The van der Waals surface area contributed by atoms with Crippen LogP contribution in [0.5, 0.6) is 5.88 Å². The maximum absolute atomic E-state index is 5.98. The Kier molecular flexibility index (Phi) is 6.94. The second-order valence-corrected chi connectivity index (χ2v) is 7.53. The molecule has 0 unspecified atom stereocenters. The van der Waals surface area contributed by atoms with Gasteiger partial charge in [-0.25, -0.2) is 4.98 Å². The van der Waals surface area contributed by atoms with E-state index < -0.39 is 0 Å². The monoisotopic (exact) mass is 420 g/mol. The molecule has 1 saturated heterocycles. The fourth-order valence-corrected chi connectivity index (χ4v) is 3.42. The molecule has 3 aromatic heterocycles. The zero-order valence-corrected chi connectivity index (χ0v) is 18.1. The number of nitrogens with zero attached hydrogens (tertiary/aromatic N) is 4. The van der Waals surface area contributed by atoms with E-state index >= 15 is 0 Å². The van der Waals surface area contributed by atoms with Gasteiger partial charge < -0.3 is 18.8 Å². The molecule has 0 atom stereocenters. The van der Waals surface area contributed by atoms with Gasteiger partial charge >= 0.3 is 0 Å². The highest BCUT2D eigenvalue weighted by molar-refractivity contribution is 5.79. The molecule has 1 aliphatic rings. The molecule has 7 nitrogen and oxygen atoms in total. The minimum absolute atomic E-state index is 0.480. The summed E-state index contributed by atoms with van der Waals surface area (Å²) in [5.74, 6) is 2.37. The van der Waals surface area contributed by atoms with Crippen LogP contribution < -0.4 is 9.64 Å². The van der Waals surface area contributed by atoms with Crippen LogP contribution in [0.15, 0.2) is 52.0 Å². The first kappa shape index (κ1) is 21.1. The molecule has 4 rings (SSSR count). The summed E-state index contributed by atoms with van der Waals surface area (Å²) >= 11 is 0. The molecule has 1 aliphatic heterocycles. The van der Waals surface area contributed by atoms with Crippen molar-refractivity contribution in [1.82, 2.24) is 9.97 Å². The zero-order chi connectivity index (χ0) is 21.5. The number of ether oxygens (including phenoxy) is 2. The minimum atomic E-state index is 0.480.